The quantitative estimate of drug-likeness (QED) is 0.554. The van der Waals surface area contributed by atoms with E-state index in [0.29, 0.717) is 0 Å². The van der Waals surface area contributed by atoms with Crippen molar-refractivity contribution in [3.63, 3.8) is 0 Å². The molecule has 2 fully saturated rings. The van der Waals surface area contributed by atoms with E-state index in [2.05, 4.69) is 6.92 Å². The Bertz CT molecular complexity index is 128. The first kappa shape index (κ1) is 11.1. The molecule has 0 radical (unpaired) electrons. The summed E-state index contributed by atoms with van der Waals surface area (Å²) in [5.74, 6) is 3.39. The van der Waals surface area contributed by atoms with Gasteiger partial charge in [0.2, 0.25) is 0 Å². The van der Waals surface area contributed by atoms with Crippen LogP contribution in [0.3, 0.4) is 0 Å². The van der Waals surface area contributed by atoms with Crippen LogP contribution in [-0.4, -0.2) is 0 Å². The second-order valence-electron chi connectivity index (χ2n) is 4.54. The summed E-state index contributed by atoms with van der Waals surface area (Å²) >= 11 is 0. The van der Waals surface area contributed by atoms with Crippen molar-refractivity contribution in [1.29, 1.82) is 0 Å². The smallest absolute Gasteiger partial charge is 0.0383 e. The van der Waals surface area contributed by atoms with E-state index in [4.69, 9.17) is 0 Å². The first-order chi connectivity index (χ1) is 6.40. The van der Waals surface area contributed by atoms with E-state index >= 15 is 0 Å². The van der Waals surface area contributed by atoms with Gasteiger partial charge < -0.3 is 0 Å². The van der Waals surface area contributed by atoms with Crippen LogP contribution in [0.4, 0.5) is 0 Å². The summed E-state index contributed by atoms with van der Waals surface area (Å²) in [6.07, 6.45) is 10.7. The third kappa shape index (κ3) is 2.72. The maximum absolute atomic E-state index is 2.36. The van der Waals surface area contributed by atoms with Gasteiger partial charge in [0.05, 0.1) is 0 Å². The molecule has 2 aliphatic carbocycles. The fourth-order valence-corrected chi connectivity index (χ4v) is 3.17. The molecular formula is C13H26. The van der Waals surface area contributed by atoms with Crippen LogP contribution in [0.25, 0.3) is 0 Å². The van der Waals surface area contributed by atoms with Crippen LogP contribution in [0.1, 0.15) is 65.7 Å². The lowest BCUT2D eigenvalue weighted by atomic mass is 9.75. The molecule has 0 aromatic carbocycles. The van der Waals surface area contributed by atoms with Crippen LogP contribution < -0.4 is 0 Å². The molecule has 0 spiro atoms. The Balaban J connectivity index is 0.000000396. The average molecular weight is 182 g/mol. The van der Waals surface area contributed by atoms with Gasteiger partial charge in [0.25, 0.3) is 0 Å². The third-order valence-corrected chi connectivity index (χ3v) is 3.98. The van der Waals surface area contributed by atoms with Crippen LogP contribution in [0.15, 0.2) is 0 Å². The molecule has 2 aliphatic rings. The van der Waals surface area contributed by atoms with Crippen molar-refractivity contribution in [2.24, 2.45) is 17.8 Å². The van der Waals surface area contributed by atoms with Crippen molar-refractivity contribution < 1.29 is 0 Å². The standard InChI is InChI=1S/C11H20.C2H6/c1-2-9-6-7-10-4-3-5-11(10)8-9;1-2/h9-11H,2-8H2,1H3;1-2H3. The van der Waals surface area contributed by atoms with Gasteiger partial charge in [-0.25, -0.2) is 0 Å². The van der Waals surface area contributed by atoms with Crippen molar-refractivity contribution >= 4 is 0 Å². The molecule has 0 amide bonds. The van der Waals surface area contributed by atoms with Gasteiger partial charge in [-0.1, -0.05) is 52.9 Å². The summed E-state index contributed by atoms with van der Waals surface area (Å²) in [4.78, 5) is 0. The van der Waals surface area contributed by atoms with Gasteiger partial charge in [-0.05, 0) is 30.6 Å². The van der Waals surface area contributed by atoms with Gasteiger partial charge in [0, 0.05) is 0 Å². The Kier molecular flexibility index (Phi) is 4.83. The van der Waals surface area contributed by atoms with Crippen LogP contribution in [0, 0.1) is 17.8 Å². The van der Waals surface area contributed by atoms with E-state index < -0.39 is 0 Å². The van der Waals surface area contributed by atoms with Gasteiger partial charge in [-0.3, -0.25) is 0 Å². The number of fused-ring (bicyclic) bond motifs is 1. The summed E-state index contributed by atoms with van der Waals surface area (Å²) in [5.41, 5.74) is 0. The van der Waals surface area contributed by atoms with Gasteiger partial charge in [0.15, 0.2) is 0 Å². The second-order valence-corrected chi connectivity index (χ2v) is 4.54. The molecule has 13 heavy (non-hydrogen) atoms. The van der Waals surface area contributed by atoms with E-state index in [0.717, 1.165) is 17.8 Å². The minimum absolute atomic E-state index is 1.09. The molecule has 0 heteroatoms. The SMILES string of the molecule is CC.CCC1CCC2CCCC2C1. The lowest BCUT2D eigenvalue weighted by Gasteiger charge is -2.31. The number of hydrogen-bond donors (Lipinski definition) is 0. The minimum Gasteiger partial charge on any atom is -0.0683 e. The topological polar surface area (TPSA) is 0 Å². The Morgan fingerprint density at radius 1 is 0.923 bits per heavy atom. The molecule has 2 saturated carbocycles. The predicted molar refractivity (Wildman–Crippen MR) is 59.8 cm³/mol. The zero-order valence-corrected chi connectivity index (χ0v) is 9.68. The van der Waals surface area contributed by atoms with Crippen molar-refractivity contribution in [2.45, 2.75) is 65.7 Å². The zero-order valence-electron chi connectivity index (χ0n) is 9.68. The number of hydrogen-bond acceptors (Lipinski definition) is 0. The van der Waals surface area contributed by atoms with Gasteiger partial charge in [0.1, 0.15) is 0 Å². The van der Waals surface area contributed by atoms with Crippen molar-refractivity contribution in [3.8, 4) is 0 Å². The first-order valence-corrected chi connectivity index (χ1v) is 6.40. The first-order valence-electron chi connectivity index (χ1n) is 6.40. The molecule has 0 N–H and O–H groups in total. The highest BCUT2D eigenvalue weighted by molar-refractivity contribution is 4.84. The fraction of sp³-hybridized carbons (Fsp3) is 1.00. The molecule has 0 heterocycles. The van der Waals surface area contributed by atoms with Crippen LogP contribution in [-0.2, 0) is 0 Å². The number of rotatable bonds is 1. The molecule has 0 aliphatic heterocycles. The molecule has 3 atom stereocenters. The van der Waals surface area contributed by atoms with Crippen LogP contribution >= 0.6 is 0 Å². The highest BCUT2D eigenvalue weighted by atomic mass is 14.4. The third-order valence-electron chi connectivity index (χ3n) is 3.98. The maximum atomic E-state index is 2.36. The van der Waals surface area contributed by atoms with Crippen LogP contribution in [0.2, 0.25) is 0 Å². The highest BCUT2D eigenvalue weighted by Gasteiger charge is 2.32. The minimum atomic E-state index is 1.09. The summed E-state index contributed by atoms with van der Waals surface area (Å²) in [6.45, 7) is 6.36. The van der Waals surface area contributed by atoms with E-state index in [1.807, 2.05) is 13.8 Å². The molecule has 3 unspecified atom stereocenters. The Morgan fingerprint density at radius 3 is 2.31 bits per heavy atom. The van der Waals surface area contributed by atoms with Gasteiger partial charge >= 0.3 is 0 Å². The van der Waals surface area contributed by atoms with E-state index in [1.54, 1.807) is 25.7 Å². The van der Waals surface area contributed by atoms with Crippen LogP contribution in [0.5, 0.6) is 0 Å². The zero-order chi connectivity index (χ0) is 9.68. The van der Waals surface area contributed by atoms with Crippen molar-refractivity contribution in [2.75, 3.05) is 0 Å². The summed E-state index contributed by atoms with van der Waals surface area (Å²) in [5, 5.41) is 0. The Labute approximate surface area is 84.1 Å². The summed E-state index contributed by atoms with van der Waals surface area (Å²) in [6, 6.07) is 0. The lowest BCUT2D eigenvalue weighted by molar-refractivity contribution is 0.204. The second kappa shape index (κ2) is 5.67. The average Bonchev–Trinajstić information content (AvgIpc) is 2.67. The van der Waals surface area contributed by atoms with Crippen molar-refractivity contribution in [1.82, 2.24) is 0 Å². The lowest BCUT2D eigenvalue weighted by Crippen LogP contribution is -2.19. The molecular weight excluding hydrogens is 156 g/mol. The normalized spacial score (nSPS) is 37.6. The Morgan fingerprint density at radius 2 is 1.62 bits per heavy atom. The molecule has 0 aromatic rings. The molecule has 78 valence electrons. The summed E-state index contributed by atoms with van der Waals surface area (Å²) < 4.78 is 0. The molecule has 0 saturated heterocycles. The molecule has 2 rings (SSSR count). The molecule has 0 bridgehead atoms. The maximum Gasteiger partial charge on any atom is -0.0383 e. The fourth-order valence-electron chi connectivity index (χ4n) is 3.17. The van der Waals surface area contributed by atoms with Gasteiger partial charge in [-0.15, -0.1) is 0 Å². The largest absolute Gasteiger partial charge is 0.0683 e. The van der Waals surface area contributed by atoms with E-state index in [1.165, 1.54) is 19.3 Å². The van der Waals surface area contributed by atoms with Gasteiger partial charge in [-0.2, -0.15) is 0 Å². The van der Waals surface area contributed by atoms with E-state index in [-0.39, 0.29) is 0 Å². The molecule has 0 nitrogen and oxygen atoms in total. The monoisotopic (exact) mass is 182 g/mol. The Hall–Kier alpha value is 0. The summed E-state index contributed by atoms with van der Waals surface area (Å²) in [7, 11) is 0. The van der Waals surface area contributed by atoms with Crippen molar-refractivity contribution in [3.05, 3.63) is 0 Å². The predicted octanol–water partition coefficient (Wildman–Crippen LogP) is 4.64. The highest BCUT2D eigenvalue weighted by Crippen LogP contribution is 2.44. The molecule has 0 aromatic heterocycles. The van der Waals surface area contributed by atoms with E-state index in [9.17, 15) is 0 Å².